The third-order valence-electron chi connectivity index (χ3n) is 4.52. The number of nitrogens with one attached hydrogen (secondary N) is 1. The summed E-state index contributed by atoms with van der Waals surface area (Å²) in [7, 11) is 0. The van der Waals surface area contributed by atoms with Crippen molar-refractivity contribution in [2.45, 2.75) is 65.8 Å². The van der Waals surface area contributed by atoms with Gasteiger partial charge >= 0.3 is 0 Å². The minimum Gasteiger partial charge on any atom is -0.409 e. The summed E-state index contributed by atoms with van der Waals surface area (Å²) in [6.07, 6.45) is 4.68. The predicted molar refractivity (Wildman–Crippen MR) is 80.5 cm³/mol. The van der Waals surface area contributed by atoms with Crippen molar-refractivity contribution in [1.82, 2.24) is 5.32 Å². The number of hydrogen-bond acceptors (Lipinski definition) is 3. The van der Waals surface area contributed by atoms with Gasteiger partial charge in [-0.15, -0.1) is 0 Å². The Labute approximate surface area is 122 Å². The van der Waals surface area contributed by atoms with Crippen molar-refractivity contribution < 1.29 is 10.0 Å². The van der Waals surface area contributed by atoms with Gasteiger partial charge in [0, 0.05) is 5.92 Å². The molecule has 1 aliphatic carbocycles. The summed E-state index contributed by atoms with van der Waals surface area (Å²) in [5.74, 6) is 0.867. The molecule has 1 fully saturated rings. The van der Waals surface area contributed by atoms with Crippen LogP contribution in [-0.2, 0) is 4.79 Å². The first-order valence-electron chi connectivity index (χ1n) is 7.57. The van der Waals surface area contributed by atoms with Crippen molar-refractivity contribution in [2.24, 2.45) is 28.1 Å². The van der Waals surface area contributed by atoms with Gasteiger partial charge in [-0.05, 0) is 43.4 Å². The molecule has 0 aromatic rings. The van der Waals surface area contributed by atoms with E-state index in [0.717, 1.165) is 25.7 Å². The quantitative estimate of drug-likeness (QED) is 0.320. The summed E-state index contributed by atoms with van der Waals surface area (Å²) in [5, 5.41) is 14.6. The highest BCUT2D eigenvalue weighted by atomic mass is 16.4. The standard InChI is InChI=1S/C15H29N3O2/c1-5-12(13(16)18-20)17-14(19)10-6-8-11(9-7-10)15(2,3)4/h10-12,20H,5-9H2,1-4H3,(H2,16,18)(H,17,19). The lowest BCUT2D eigenvalue weighted by Crippen LogP contribution is -2.47. The van der Waals surface area contributed by atoms with Crippen LogP contribution < -0.4 is 11.1 Å². The fraction of sp³-hybridized carbons (Fsp3) is 0.867. The lowest BCUT2D eigenvalue weighted by molar-refractivity contribution is -0.126. The first kappa shape index (κ1) is 16.8. The largest absolute Gasteiger partial charge is 0.409 e. The second-order valence-corrected chi connectivity index (χ2v) is 6.91. The van der Waals surface area contributed by atoms with Gasteiger partial charge < -0.3 is 16.3 Å². The van der Waals surface area contributed by atoms with Crippen molar-refractivity contribution in [3.8, 4) is 0 Å². The summed E-state index contributed by atoms with van der Waals surface area (Å²) in [4.78, 5) is 12.2. The third-order valence-corrected chi connectivity index (χ3v) is 4.52. The molecular weight excluding hydrogens is 254 g/mol. The summed E-state index contributed by atoms with van der Waals surface area (Å²) < 4.78 is 0. The van der Waals surface area contributed by atoms with Crippen molar-refractivity contribution >= 4 is 11.7 Å². The van der Waals surface area contributed by atoms with E-state index in [1.807, 2.05) is 6.92 Å². The molecule has 0 radical (unpaired) electrons. The highest BCUT2D eigenvalue weighted by Crippen LogP contribution is 2.39. The van der Waals surface area contributed by atoms with Crippen LogP contribution in [0.3, 0.4) is 0 Å². The average molecular weight is 283 g/mol. The van der Waals surface area contributed by atoms with Gasteiger partial charge in [-0.1, -0.05) is 32.9 Å². The average Bonchev–Trinajstić information content (AvgIpc) is 2.42. The van der Waals surface area contributed by atoms with Crippen molar-refractivity contribution in [1.29, 1.82) is 0 Å². The van der Waals surface area contributed by atoms with Gasteiger partial charge in [0.25, 0.3) is 0 Å². The highest BCUT2D eigenvalue weighted by molar-refractivity contribution is 5.90. The second-order valence-electron chi connectivity index (χ2n) is 6.91. The maximum atomic E-state index is 12.2. The Morgan fingerprint density at radius 1 is 1.35 bits per heavy atom. The number of amidine groups is 1. The predicted octanol–water partition coefficient (Wildman–Crippen LogP) is 2.48. The van der Waals surface area contributed by atoms with Gasteiger partial charge in [-0.2, -0.15) is 0 Å². The van der Waals surface area contributed by atoms with Gasteiger partial charge in [0.2, 0.25) is 5.91 Å². The zero-order valence-corrected chi connectivity index (χ0v) is 13.1. The van der Waals surface area contributed by atoms with Crippen LogP contribution >= 0.6 is 0 Å². The van der Waals surface area contributed by atoms with Gasteiger partial charge in [0.15, 0.2) is 5.84 Å². The van der Waals surface area contributed by atoms with E-state index < -0.39 is 0 Å². The maximum Gasteiger partial charge on any atom is 0.223 e. The fourth-order valence-corrected chi connectivity index (χ4v) is 2.97. The zero-order valence-electron chi connectivity index (χ0n) is 13.1. The van der Waals surface area contributed by atoms with E-state index in [1.165, 1.54) is 0 Å². The van der Waals surface area contributed by atoms with Crippen LogP contribution in [0.25, 0.3) is 0 Å². The number of nitrogens with two attached hydrogens (primary N) is 1. The molecule has 116 valence electrons. The molecule has 5 nitrogen and oxygen atoms in total. The van der Waals surface area contributed by atoms with Gasteiger partial charge in [0.05, 0.1) is 6.04 Å². The molecule has 1 aliphatic rings. The van der Waals surface area contributed by atoms with Gasteiger partial charge in [-0.3, -0.25) is 4.79 Å². The van der Waals surface area contributed by atoms with Crippen molar-refractivity contribution in [3.63, 3.8) is 0 Å². The number of hydrogen-bond donors (Lipinski definition) is 3. The van der Waals surface area contributed by atoms with E-state index in [9.17, 15) is 4.79 Å². The Balaban J connectivity index is 2.51. The Morgan fingerprint density at radius 3 is 2.30 bits per heavy atom. The highest BCUT2D eigenvalue weighted by Gasteiger charge is 2.33. The smallest absolute Gasteiger partial charge is 0.223 e. The van der Waals surface area contributed by atoms with Gasteiger partial charge in [-0.25, -0.2) is 0 Å². The molecule has 1 saturated carbocycles. The molecule has 0 aliphatic heterocycles. The minimum absolute atomic E-state index is 0.0378. The fourth-order valence-electron chi connectivity index (χ4n) is 2.97. The third kappa shape index (κ3) is 4.39. The topological polar surface area (TPSA) is 87.7 Å². The van der Waals surface area contributed by atoms with Crippen LogP contribution in [0.4, 0.5) is 0 Å². The van der Waals surface area contributed by atoms with E-state index in [4.69, 9.17) is 10.9 Å². The molecule has 0 saturated heterocycles. The second kappa shape index (κ2) is 6.95. The molecule has 1 unspecified atom stereocenters. The lowest BCUT2D eigenvalue weighted by atomic mass is 9.69. The summed E-state index contributed by atoms with van der Waals surface area (Å²) >= 11 is 0. The van der Waals surface area contributed by atoms with E-state index in [1.54, 1.807) is 0 Å². The Hall–Kier alpha value is -1.26. The normalized spacial score (nSPS) is 26.1. The molecule has 0 aromatic heterocycles. The number of carbonyl (C=O) groups is 1. The van der Waals surface area contributed by atoms with Crippen LogP contribution in [0.1, 0.15) is 59.8 Å². The molecule has 0 aromatic carbocycles. The lowest BCUT2D eigenvalue weighted by Gasteiger charge is -2.36. The van der Waals surface area contributed by atoms with E-state index in [2.05, 4.69) is 31.2 Å². The zero-order chi connectivity index (χ0) is 15.3. The number of amides is 1. The number of oxime groups is 1. The summed E-state index contributed by atoms with van der Waals surface area (Å²) in [6.45, 7) is 8.70. The summed E-state index contributed by atoms with van der Waals surface area (Å²) in [5.41, 5.74) is 5.89. The number of nitrogens with zero attached hydrogens (tertiary/aromatic N) is 1. The molecule has 0 bridgehead atoms. The Morgan fingerprint density at radius 2 is 1.90 bits per heavy atom. The molecule has 1 amide bonds. The SMILES string of the molecule is CCC(NC(=O)C1CCC(C(C)(C)C)CC1)C(N)=NO. The molecule has 20 heavy (non-hydrogen) atoms. The van der Waals surface area contributed by atoms with Crippen molar-refractivity contribution in [2.75, 3.05) is 0 Å². The Bertz CT molecular complexity index is 353. The molecule has 1 atom stereocenters. The van der Waals surface area contributed by atoms with Crippen LogP contribution in [0, 0.1) is 17.3 Å². The van der Waals surface area contributed by atoms with Crippen LogP contribution in [0.5, 0.6) is 0 Å². The monoisotopic (exact) mass is 283 g/mol. The minimum atomic E-state index is -0.368. The van der Waals surface area contributed by atoms with Crippen LogP contribution in [-0.4, -0.2) is 23.0 Å². The molecule has 1 rings (SSSR count). The van der Waals surface area contributed by atoms with Gasteiger partial charge in [0.1, 0.15) is 0 Å². The molecular formula is C15H29N3O2. The molecule has 4 N–H and O–H groups in total. The van der Waals surface area contributed by atoms with Crippen LogP contribution in [0.15, 0.2) is 5.16 Å². The first-order chi connectivity index (χ1) is 9.29. The van der Waals surface area contributed by atoms with Crippen LogP contribution in [0.2, 0.25) is 0 Å². The molecule has 0 heterocycles. The number of carbonyl (C=O) groups excluding carboxylic acids is 1. The Kier molecular flexibility index (Phi) is 5.84. The first-order valence-corrected chi connectivity index (χ1v) is 7.57. The summed E-state index contributed by atoms with van der Waals surface area (Å²) in [6, 6.07) is -0.368. The van der Waals surface area contributed by atoms with E-state index >= 15 is 0 Å². The molecule has 0 spiro atoms. The van der Waals surface area contributed by atoms with E-state index in [0.29, 0.717) is 17.8 Å². The molecule has 5 heteroatoms. The maximum absolute atomic E-state index is 12.2. The number of rotatable bonds is 4. The van der Waals surface area contributed by atoms with E-state index in [-0.39, 0.29) is 23.7 Å². The van der Waals surface area contributed by atoms with Crippen molar-refractivity contribution in [3.05, 3.63) is 0 Å².